The predicted octanol–water partition coefficient (Wildman–Crippen LogP) is 5.17. The molecule has 0 radical (unpaired) electrons. The molecule has 1 aliphatic rings. The molecule has 0 aliphatic heterocycles. The van der Waals surface area contributed by atoms with Gasteiger partial charge in [-0.2, -0.15) is 0 Å². The van der Waals surface area contributed by atoms with Crippen molar-refractivity contribution in [3.8, 4) is 0 Å². The van der Waals surface area contributed by atoms with E-state index in [4.69, 9.17) is 9.72 Å². The number of fused-ring (bicyclic) bond motifs is 2. The summed E-state index contributed by atoms with van der Waals surface area (Å²) in [6.07, 6.45) is 4.99. The molecule has 7 heteroatoms. The fourth-order valence-corrected chi connectivity index (χ4v) is 4.72. The van der Waals surface area contributed by atoms with Crippen LogP contribution in [0.4, 0.5) is 10.5 Å². The van der Waals surface area contributed by atoms with E-state index in [2.05, 4.69) is 34.1 Å². The highest BCUT2D eigenvalue weighted by Crippen LogP contribution is 2.33. The third kappa shape index (κ3) is 7.44. The van der Waals surface area contributed by atoms with E-state index in [-0.39, 0.29) is 5.91 Å². The zero-order chi connectivity index (χ0) is 26.3. The molecular weight excluding hydrogens is 464 g/mol. The average molecular weight is 503 g/mol. The Morgan fingerprint density at radius 1 is 0.973 bits per heavy atom. The van der Waals surface area contributed by atoms with Crippen molar-refractivity contribution < 1.29 is 14.3 Å². The SMILES string of the molecule is CC(C)(C)OC(=O)N[C@@H](Cc1ccccc1)C(=O)NCCCNc1c2c(nc3ccccc13)CCCC2. The zero-order valence-electron chi connectivity index (χ0n) is 22.1. The minimum atomic E-state index is -0.721. The molecule has 0 unspecified atom stereocenters. The zero-order valence-corrected chi connectivity index (χ0v) is 22.1. The van der Waals surface area contributed by atoms with Crippen LogP contribution in [0.1, 0.15) is 56.9 Å². The molecule has 2 aromatic carbocycles. The maximum atomic E-state index is 13.0. The van der Waals surface area contributed by atoms with Crippen LogP contribution in [-0.2, 0) is 28.8 Å². The molecule has 1 aliphatic carbocycles. The van der Waals surface area contributed by atoms with Crippen LogP contribution in [0.3, 0.4) is 0 Å². The van der Waals surface area contributed by atoms with E-state index in [1.165, 1.54) is 29.8 Å². The number of nitrogens with zero attached hydrogens (tertiary/aromatic N) is 1. The first-order chi connectivity index (χ1) is 17.8. The normalized spacial score (nSPS) is 13.9. The fourth-order valence-electron chi connectivity index (χ4n) is 4.72. The Bertz CT molecular complexity index is 1220. The molecule has 196 valence electrons. The molecule has 0 bridgehead atoms. The molecule has 7 nitrogen and oxygen atoms in total. The fraction of sp³-hybridized carbons (Fsp3) is 0.433. The van der Waals surface area contributed by atoms with Crippen LogP contribution in [0, 0.1) is 0 Å². The van der Waals surface area contributed by atoms with Crippen LogP contribution >= 0.6 is 0 Å². The Hall–Kier alpha value is -3.61. The first-order valence-electron chi connectivity index (χ1n) is 13.3. The lowest BCUT2D eigenvalue weighted by Gasteiger charge is -2.23. The summed E-state index contributed by atoms with van der Waals surface area (Å²) in [5.41, 5.74) is 5.07. The minimum absolute atomic E-state index is 0.221. The van der Waals surface area contributed by atoms with Gasteiger partial charge in [0.2, 0.25) is 5.91 Å². The van der Waals surface area contributed by atoms with E-state index in [1.54, 1.807) is 20.8 Å². The van der Waals surface area contributed by atoms with Gasteiger partial charge in [-0.15, -0.1) is 0 Å². The monoisotopic (exact) mass is 502 g/mol. The van der Waals surface area contributed by atoms with Gasteiger partial charge in [-0.25, -0.2) is 4.79 Å². The number of ether oxygens (including phenoxy) is 1. The number of alkyl carbamates (subject to hydrolysis) is 1. The first-order valence-corrected chi connectivity index (χ1v) is 13.3. The summed E-state index contributed by atoms with van der Waals surface area (Å²) in [6.45, 7) is 6.63. The molecule has 37 heavy (non-hydrogen) atoms. The van der Waals surface area contributed by atoms with Crippen molar-refractivity contribution in [2.75, 3.05) is 18.4 Å². The number of rotatable bonds is 9. The van der Waals surface area contributed by atoms with E-state index in [0.717, 1.165) is 42.3 Å². The van der Waals surface area contributed by atoms with E-state index in [9.17, 15) is 9.59 Å². The van der Waals surface area contributed by atoms with Crippen molar-refractivity contribution in [2.24, 2.45) is 0 Å². The molecule has 3 N–H and O–H groups in total. The van der Waals surface area contributed by atoms with Crippen molar-refractivity contribution in [3.63, 3.8) is 0 Å². The van der Waals surface area contributed by atoms with Crippen LogP contribution < -0.4 is 16.0 Å². The van der Waals surface area contributed by atoms with Gasteiger partial charge in [-0.1, -0.05) is 48.5 Å². The maximum absolute atomic E-state index is 13.0. The molecule has 0 saturated heterocycles. The standard InChI is InChI=1S/C30H38N4O3/c1-30(2,3)37-29(36)34-26(20-21-12-5-4-6-13-21)28(35)32-19-11-18-31-27-22-14-7-9-16-24(22)33-25-17-10-8-15-23(25)27/h4-7,9,12-14,16,26H,8,10-11,15,17-20H2,1-3H3,(H,31,33)(H,32,35)(H,34,36)/t26-/m0/s1. The number of aryl methyl sites for hydroxylation is 1. The van der Waals surface area contributed by atoms with Crippen molar-refractivity contribution in [2.45, 2.75) is 70.9 Å². The maximum Gasteiger partial charge on any atom is 0.408 e. The van der Waals surface area contributed by atoms with Gasteiger partial charge in [-0.05, 0) is 70.1 Å². The molecule has 2 amide bonds. The third-order valence-electron chi connectivity index (χ3n) is 6.41. The summed E-state index contributed by atoms with van der Waals surface area (Å²) in [6, 6.07) is 17.2. The largest absolute Gasteiger partial charge is 0.444 e. The highest BCUT2D eigenvalue weighted by atomic mass is 16.6. The van der Waals surface area contributed by atoms with Gasteiger partial charge in [0.25, 0.3) is 0 Å². The van der Waals surface area contributed by atoms with Gasteiger partial charge in [-0.3, -0.25) is 9.78 Å². The number of nitrogens with one attached hydrogen (secondary N) is 3. The number of carbonyl (C=O) groups is 2. The van der Waals surface area contributed by atoms with Crippen molar-refractivity contribution >= 4 is 28.6 Å². The lowest BCUT2D eigenvalue weighted by molar-refractivity contribution is -0.123. The predicted molar refractivity (Wildman–Crippen MR) is 148 cm³/mol. The number of anilines is 1. The van der Waals surface area contributed by atoms with E-state index in [0.29, 0.717) is 13.0 Å². The van der Waals surface area contributed by atoms with Gasteiger partial charge in [0.05, 0.1) is 5.52 Å². The van der Waals surface area contributed by atoms with E-state index in [1.807, 2.05) is 36.4 Å². The second-order valence-corrected chi connectivity index (χ2v) is 10.6. The van der Waals surface area contributed by atoms with Crippen LogP contribution in [-0.4, -0.2) is 41.7 Å². The highest BCUT2D eigenvalue weighted by molar-refractivity contribution is 5.93. The molecule has 1 atom stereocenters. The summed E-state index contributed by atoms with van der Waals surface area (Å²) in [4.78, 5) is 30.3. The Balaban J connectivity index is 1.35. The number of para-hydroxylation sites is 1. The van der Waals surface area contributed by atoms with Crippen molar-refractivity contribution in [3.05, 3.63) is 71.4 Å². The van der Waals surface area contributed by atoms with Gasteiger partial charge >= 0.3 is 6.09 Å². The van der Waals surface area contributed by atoms with E-state index < -0.39 is 17.7 Å². The van der Waals surface area contributed by atoms with Crippen LogP contribution in [0.25, 0.3) is 10.9 Å². The number of hydrogen-bond acceptors (Lipinski definition) is 5. The second-order valence-electron chi connectivity index (χ2n) is 10.6. The van der Waals surface area contributed by atoms with Crippen molar-refractivity contribution in [1.29, 1.82) is 0 Å². The lowest BCUT2D eigenvalue weighted by Crippen LogP contribution is -2.49. The average Bonchev–Trinajstić information content (AvgIpc) is 2.87. The number of amides is 2. The molecule has 0 saturated carbocycles. The van der Waals surface area contributed by atoms with Gasteiger partial charge in [0.1, 0.15) is 11.6 Å². The van der Waals surface area contributed by atoms with E-state index >= 15 is 0 Å². The van der Waals surface area contributed by atoms with Crippen LogP contribution in [0.2, 0.25) is 0 Å². The number of aromatic nitrogens is 1. The van der Waals surface area contributed by atoms with Crippen LogP contribution in [0.5, 0.6) is 0 Å². The summed E-state index contributed by atoms with van der Waals surface area (Å²) < 4.78 is 5.38. The number of benzene rings is 2. The summed E-state index contributed by atoms with van der Waals surface area (Å²) in [5.74, 6) is -0.221. The van der Waals surface area contributed by atoms with Crippen molar-refractivity contribution in [1.82, 2.24) is 15.6 Å². The molecule has 1 heterocycles. The molecular formula is C30H38N4O3. The quantitative estimate of drug-likeness (QED) is 0.351. The first kappa shape index (κ1) is 26.5. The Morgan fingerprint density at radius 2 is 1.70 bits per heavy atom. The number of hydrogen-bond donors (Lipinski definition) is 3. The molecule has 4 rings (SSSR count). The minimum Gasteiger partial charge on any atom is -0.444 e. The van der Waals surface area contributed by atoms with Crippen LogP contribution in [0.15, 0.2) is 54.6 Å². The third-order valence-corrected chi connectivity index (χ3v) is 6.41. The topological polar surface area (TPSA) is 92.3 Å². The summed E-state index contributed by atoms with van der Waals surface area (Å²) >= 11 is 0. The Morgan fingerprint density at radius 3 is 2.49 bits per heavy atom. The number of pyridine rings is 1. The molecule has 1 aromatic heterocycles. The number of carbonyl (C=O) groups excluding carboxylic acids is 2. The Kier molecular flexibility index (Phi) is 8.64. The van der Waals surface area contributed by atoms with Gasteiger partial charge < -0.3 is 20.7 Å². The lowest BCUT2D eigenvalue weighted by atomic mass is 9.92. The molecule has 3 aromatic rings. The summed E-state index contributed by atoms with van der Waals surface area (Å²) in [5, 5.41) is 10.5. The van der Waals surface area contributed by atoms with Gasteiger partial charge in [0.15, 0.2) is 0 Å². The smallest absolute Gasteiger partial charge is 0.408 e. The molecule has 0 fully saturated rings. The van der Waals surface area contributed by atoms with Gasteiger partial charge in [0, 0.05) is 36.3 Å². The molecule has 0 spiro atoms. The Labute approximate surface area is 219 Å². The summed E-state index contributed by atoms with van der Waals surface area (Å²) in [7, 11) is 0. The second kappa shape index (κ2) is 12.1. The highest BCUT2D eigenvalue weighted by Gasteiger charge is 2.24.